The van der Waals surface area contributed by atoms with Gasteiger partial charge in [0.1, 0.15) is 16.2 Å². The lowest BCUT2D eigenvalue weighted by Crippen LogP contribution is -2.02. The number of rotatable bonds is 9. The first-order valence-corrected chi connectivity index (χ1v) is 15.6. The van der Waals surface area contributed by atoms with Gasteiger partial charge in [-0.2, -0.15) is 15.0 Å². The molecule has 1 aromatic heterocycles. The molecule has 2 atom stereocenters. The average Bonchev–Trinajstić information content (AvgIpc) is 3.40. The topological polar surface area (TPSA) is 30.7 Å². The van der Waals surface area contributed by atoms with Crippen LogP contribution in [0.2, 0.25) is 0 Å². The maximum atomic E-state index is 4.98. The fourth-order valence-corrected chi connectivity index (χ4v) is 8.86. The molecule has 31 heavy (non-hydrogen) atoms. The van der Waals surface area contributed by atoms with Crippen LogP contribution in [-0.4, -0.2) is 20.1 Å². The Labute approximate surface area is 226 Å². The average molecular weight is 715 g/mol. The highest BCUT2D eigenvalue weighted by atomic mass is 79.9. The van der Waals surface area contributed by atoms with E-state index >= 15 is 0 Å². The minimum atomic E-state index is -0.209. The first-order valence-electron chi connectivity index (χ1n) is 10.7. The lowest BCUT2D eigenvalue weighted by molar-refractivity contribution is 0.488. The predicted molar refractivity (Wildman–Crippen MR) is 151 cm³/mol. The van der Waals surface area contributed by atoms with Crippen molar-refractivity contribution in [1.29, 1.82) is 0 Å². The highest BCUT2D eigenvalue weighted by Gasteiger charge is 2.35. The van der Waals surface area contributed by atoms with Crippen LogP contribution in [0.4, 0.5) is 0 Å². The lowest BCUT2D eigenvalue weighted by atomic mass is 10.0. The van der Waals surface area contributed by atoms with Gasteiger partial charge in [-0.05, 0) is 29.7 Å². The van der Waals surface area contributed by atoms with Crippen LogP contribution in [0.3, 0.4) is 0 Å². The zero-order valence-electron chi connectivity index (χ0n) is 17.2. The van der Waals surface area contributed by atoms with Crippen molar-refractivity contribution in [2.24, 2.45) is 0 Å². The molecule has 4 rings (SSSR count). The van der Waals surface area contributed by atoms with E-state index in [1.54, 1.807) is 0 Å². The van der Waals surface area contributed by atoms with Crippen LogP contribution in [0.15, 0.2) is 36.4 Å². The molecule has 2 aromatic rings. The monoisotopic (exact) mass is 711 g/mol. The Balaban J connectivity index is 1.60. The molecule has 1 aromatic carbocycles. The summed E-state index contributed by atoms with van der Waals surface area (Å²) >= 11 is 18.5. The Bertz CT molecular complexity index is 918. The van der Waals surface area contributed by atoms with Gasteiger partial charge in [0.2, 0.25) is 0 Å². The zero-order chi connectivity index (χ0) is 22.1. The molecule has 2 aliphatic heterocycles. The van der Waals surface area contributed by atoms with Crippen LogP contribution in [-0.2, 0) is 6.54 Å². The SMILES string of the molecule is CCCCCCCCn1nc2c(C3C=CC(Br)(Br)S3)ccc(C3C=CC(Br)(Br)S3)c2n1. The van der Waals surface area contributed by atoms with Gasteiger partial charge in [-0.15, -0.1) is 23.5 Å². The van der Waals surface area contributed by atoms with Gasteiger partial charge in [0, 0.05) is 0 Å². The van der Waals surface area contributed by atoms with Crippen molar-refractivity contribution < 1.29 is 0 Å². The van der Waals surface area contributed by atoms with Gasteiger partial charge in [0.15, 0.2) is 0 Å². The van der Waals surface area contributed by atoms with Crippen molar-refractivity contribution >= 4 is 98.3 Å². The van der Waals surface area contributed by atoms with Crippen LogP contribution in [0.5, 0.6) is 0 Å². The number of aryl methyl sites for hydroxylation is 1. The molecular formula is C22H25Br4N3S2. The molecule has 9 heteroatoms. The van der Waals surface area contributed by atoms with Crippen LogP contribution in [0.1, 0.15) is 67.1 Å². The normalized spacial score (nSPS) is 23.9. The molecule has 168 valence electrons. The number of alkyl halides is 4. The maximum absolute atomic E-state index is 4.98. The van der Waals surface area contributed by atoms with Crippen molar-refractivity contribution in [1.82, 2.24) is 15.0 Å². The van der Waals surface area contributed by atoms with E-state index in [-0.39, 0.29) is 15.6 Å². The molecule has 2 unspecified atom stereocenters. The van der Waals surface area contributed by atoms with Crippen LogP contribution in [0, 0.1) is 0 Å². The van der Waals surface area contributed by atoms with E-state index in [2.05, 4.69) is 107 Å². The summed E-state index contributed by atoms with van der Waals surface area (Å²) in [5.74, 6) is 0. The molecule has 3 nitrogen and oxygen atoms in total. The van der Waals surface area contributed by atoms with Crippen molar-refractivity contribution in [3.8, 4) is 0 Å². The fraction of sp³-hybridized carbons (Fsp3) is 0.545. The number of thioether (sulfide) groups is 2. The second-order valence-corrected chi connectivity index (χ2v) is 19.9. The van der Waals surface area contributed by atoms with E-state index in [9.17, 15) is 0 Å². The molecule has 0 aliphatic carbocycles. The molecule has 3 heterocycles. The zero-order valence-corrected chi connectivity index (χ0v) is 25.2. The summed E-state index contributed by atoms with van der Waals surface area (Å²) in [5, 5.41) is 10.4. The molecule has 0 amide bonds. The smallest absolute Gasteiger partial charge is 0.144 e. The van der Waals surface area contributed by atoms with Crippen molar-refractivity contribution in [2.45, 2.75) is 67.6 Å². The highest BCUT2D eigenvalue weighted by Crippen LogP contribution is 2.56. The number of aromatic nitrogens is 3. The van der Waals surface area contributed by atoms with E-state index in [1.807, 2.05) is 28.3 Å². The van der Waals surface area contributed by atoms with Crippen LogP contribution >= 0.6 is 87.2 Å². The minimum absolute atomic E-state index is 0.209. The maximum Gasteiger partial charge on any atom is 0.144 e. The number of hydrogen-bond donors (Lipinski definition) is 0. The van der Waals surface area contributed by atoms with Gasteiger partial charge in [0.25, 0.3) is 0 Å². The summed E-state index contributed by atoms with van der Waals surface area (Å²) < 4.78 is -0.417. The van der Waals surface area contributed by atoms with Gasteiger partial charge in [-0.3, -0.25) is 0 Å². The summed E-state index contributed by atoms with van der Waals surface area (Å²) in [5.41, 5.74) is 4.51. The first kappa shape index (κ1) is 24.8. The summed E-state index contributed by atoms with van der Waals surface area (Å²) in [4.78, 5) is 1.93. The summed E-state index contributed by atoms with van der Waals surface area (Å²) in [6, 6.07) is 4.48. The first-order chi connectivity index (χ1) is 14.8. The molecule has 0 fully saturated rings. The van der Waals surface area contributed by atoms with Gasteiger partial charge >= 0.3 is 0 Å². The van der Waals surface area contributed by atoms with Gasteiger partial charge in [-0.1, -0.05) is 127 Å². The molecule has 0 spiro atoms. The van der Waals surface area contributed by atoms with Crippen LogP contribution < -0.4 is 0 Å². The highest BCUT2D eigenvalue weighted by molar-refractivity contribution is 9.28. The Morgan fingerprint density at radius 3 is 1.74 bits per heavy atom. The lowest BCUT2D eigenvalue weighted by Gasteiger charge is -2.17. The van der Waals surface area contributed by atoms with Crippen molar-refractivity contribution in [3.05, 3.63) is 47.6 Å². The van der Waals surface area contributed by atoms with E-state index in [0.717, 1.165) is 24.0 Å². The number of unbranched alkanes of at least 4 members (excludes halogenated alkanes) is 5. The van der Waals surface area contributed by atoms with Crippen LogP contribution in [0.25, 0.3) is 11.0 Å². The summed E-state index contributed by atoms with van der Waals surface area (Å²) in [6.45, 7) is 3.14. The fourth-order valence-electron chi connectivity index (χ4n) is 3.90. The number of benzene rings is 1. The Kier molecular flexibility index (Phi) is 8.45. The third kappa shape index (κ3) is 6.24. The van der Waals surface area contributed by atoms with E-state index in [0.29, 0.717) is 0 Å². The van der Waals surface area contributed by atoms with Gasteiger partial charge in [-0.25, -0.2) is 0 Å². The van der Waals surface area contributed by atoms with E-state index in [4.69, 9.17) is 10.2 Å². The van der Waals surface area contributed by atoms with E-state index < -0.39 is 0 Å². The largest absolute Gasteiger partial charge is 0.184 e. The molecule has 0 radical (unpaired) electrons. The minimum Gasteiger partial charge on any atom is -0.184 e. The van der Waals surface area contributed by atoms with E-state index in [1.165, 1.54) is 43.2 Å². The molecular weight excluding hydrogens is 690 g/mol. The number of fused-ring (bicyclic) bond motifs is 1. The van der Waals surface area contributed by atoms with Gasteiger partial charge in [0.05, 0.1) is 17.0 Å². The second-order valence-electron chi connectivity index (χ2n) is 7.92. The quantitative estimate of drug-likeness (QED) is 0.147. The third-order valence-electron chi connectivity index (χ3n) is 5.47. The predicted octanol–water partition coefficient (Wildman–Crippen LogP) is 9.37. The number of halogens is 4. The second kappa shape index (κ2) is 10.5. The molecule has 2 aliphatic rings. The molecule has 0 N–H and O–H groups in total. The third-order valence-corrected chi connectivity index (χ3v) is 11.0. The molecule has 0 saturated heterocycles. The standard InChI is InChI=1S/C22H25Br4N3S2/c1-2-3-4-5-6-7-14-29-27-19-15(17-10-12-21(23,24)30-17)8-9-16(20(19)28-29)18-11-13-22(25,26)31-18/h8-13,17-18H,2-7,14H2,1H3. The summed E-state index contributed by atoms with van der Waals surface area (Å²) in [7, 11) is 0. The van der Waals surface area contributed by atoms with Crippen molar-refractivity contribution in [2.75, 3.05) is 0 Å². The molecule has 0 saturated carbocycles. The number of hydrogen-bond acceptors (Lipinski definition) is 4. The van der Waals surface area contributed by atoms with Crippen molar-refractivity contribution in [3.63, 3.8) is 0 Å². The molecule has 0 bridgehead atoms. The summed E-state index contributed by atoms with van der Waals surface area (Å²) in [6.07, 6.45) is 16.4. The Morgan fingerprint density at radius 1 is 0.806 bits per heavy atom. The van der Waals surface area contributed by atoms with Gasteiger partial charge < -0.3 is 0 Å². The Hall–Kier alpha value is 0.720. The Morgan fingerprint density at radius 2 is 1.29 bits per heavy atom. The number of nitrogens with zero attached hydrogens (tertiary/aromatic N) is 3.